The van der Waals surface area contributed by atoms with Crippen LogP contribution in [0.2, 0.25) is 10.0 Å². The minimum absolute atomic E-state index is 0.164. The number of ketones is 1. The molecule has 0 radical (unpaired) electrons. The molecule has 2 aromatic carbocycles. The minimum atomic E-state index is 0.164. The molecule has 0 amide bonds. The van der Waals surface area contributed by atoms with Gasteiger partial charge in [0.1, 0.15) is 5.78 Å². The van der Waals surface area contributed by atoms with Gasteiger partial charge < -0.3 is 11.5 Å². The van der Waals surface area contributed by atoms with Gasteiger partial charge in [-0.2, -0.15) is 0 Å². The zero-order chi connectivity index (χ0) is 16.1. The lowest BCUT2D eigenvalue weighted by Crippen LogP contribution is -2.04. The largest absolute Gasteiger partial charge is 0.398 e. The van der Waals surface area contributed by atoms with Gasteiger partial charge in [-0.3, -0.25) is 4.79 Å². The predicted octanol–water partition coefficient (Wildman–Crippen LogP) is 4.29. The van der Waals surface area contributed by atoms with Crippen LogP contribution in [0.4, 0.5) is 11.4 Å². The topological polar surface area (TPSA) is 69.1 Å². The molecule has 0 aliphatic heterocycles. The zero-order valence-electron chi connectivity index (χ0n) is 12.1. The van der Waals surface area contributed by atoms with Crippen LogP contribution in [0.25, 0.3) is 0 Å². The van der Waals surface area contributed by atoms with Crippen LogP contribution in [0.3, 0.4) is 0 Å². The van der Waals surface area contributed by atoms with Crippen molar-refractivity contribution in [3.8, 4) is 0 Å². The highest BCUT2D eigenvalue weighted by molar-refractivity contribution is 6.34. The molecule has 2 rings (SSSR count). The van der Waals surface area contributed by atoms with Crippen molar-refractivity contribution in [2.45, 2.75) is 25.7 Å². The third kappa shape index (κ3) is 4.15. The molecule has 5 heteroatoms. The molecule has 116 valence electrons. The number of nitrogen functional groups attached to an aromatic ring is 2. The highest BCUT2D eigenvalue weighted by Gasteiger charge is 2.09. The third-order valence-corrected chi connectivity index (χ3v) is 4.49. The highest BCUT2D eigenvalue weighted by atomic mass is 35.5. The summed E-state index contributed by atoms with van der Waals surface area (Å²) in [5.41, 5.74) is 14.4. The Bertz CT molecular complexity index is 629. The predicted molar refractivity (Wildman–Crippen MR) is 93.4 cm³/mol. The number of carbonyl (C=O) groups is 1. The molecule has 0 fully saturated rings. The fraction of sp³-hybridized carbons (Fsp3) is 0.235. The summed E-state index contributed by atoms with van der Waals surface area (Å²) < 4.78 is 0. The molecule has 22 heavy (non-hydrogen) atoms. The summed E-state index contributed by atoms with van der Waals surface area (Å²) in [5.74, 6) is 0.164. The molecule has 3 nitrogen and oxygen atoms in total. The second kappa shape index (κ2) is 7.52. The molecule has 0 unspecified atom stereocenters. The van der Waals surface area contributed by atoms with Crippen LogP contribution in [0.15, 0.2) is 36.4 Å². The van der Waals surface area contributed by atoms with Crippen molar-refractivity contribution in [3.63, 3.8) is 0 Å². The van der Waals surface area contributed by atoms with E-state index in [1.54, 1.807) is 12.1 Å². The molecule has 0 spiro atoms. The number of halogens is 2. The van der Waals surface area contributed by atoms with Gasteiger partial charge in [-0.25, -0.2) is 0 Å². The first-order chi connectivity index (χ1) is 10.5. The van der Waals surface area contributed by atoms with E-state index in [1.807, 2.05) is 24.3 Å². The number of rotatable bonds is 6. The van der Waals surface area contributed by atoms with E-state index in [9.17, 15) is 4.79 Å². The molecule has 2 aromatic rings. The van der Waals surface area contributed by atoms with E-state index < -0.39 is 0 Å². The molecule has 0 heterocycles. The summed E-state index contributed by atoms with van der Waals surface area (Å²) >= 11 is 12.2. The maximum atomic E-state index is 12.0. The number of anilines is 2. The van der Waals surface area contributed by atoms with Crippen LogP contribution < -0.4 is 11.5 Å². The first-order valence-electron chi connectivity index (χ1n) is 7.06. The van der Waals surface area contributed by atoms with Gasteiger partial charge in [0.15, 0.2) is 0 Å². The Morgan fingerprint density at radius 2 is 1.23 bits per heavy atom. The zero-order valence-corrected chi connectivity index (χ0v) is 13.6. The normalized spacial score (nSPS) is 10.6. The lowest BCUT2D eigenvalue weighted by Gasteiger charge is -2.08. The molecule has 0 atom stereocenters. The van der Waals surface area contributed by atoms with Gasteiger partial charge in [-0.1, -0.05) is 47.5 Å². The number of hydrogen-bond donors (Lipinski definition) is 2. The number of hydrogen-bond acceptors (Lipinski definition) is 3. The summed E-state index contributed by atoms with van der Waals surface area (Å²) in [4.78, 5) is 12.0. The van der Waals surface area contributed by atoms with Crippen molar-refractivity contribution in [1.82, 2.24) is 0 Å². The molecule has 0 saturated carbocycles. The van der Waals surface area contributed by atoms with Crippen molar-refractivity contribution < 1.29 is 4.79 Å². The Kier molecular flexibility index (Phi) is 5.69. The molecule has 0 aromatic heterocycles. The Balaban J connectivity index is 1.88. The second-order valence-corrected chi connectivity index (χ2v) is 5.94. The molecule has 4 N–H and O–H groups in total. The van der Waals surface area contributed by atoms with Crippen LogP contribution in [-0.2, 0) is 17.6 Å². The Morgan fingerprint density at radius 1 is 0.818 bits per heavy atom. The minimum Gasteiger partial charge on any atom is -0.398 e. The smallest absolute Gasteiger partial charge is 0.133 e. The van der Waals surface area contributed by atoms with Gasteiger partial charge in [0.2, 0.25) is 0 Å². The van der Waals surface area contributed by atoms with Gasteiger partial charge in [0.25, 0.3) is 0 Å². The maximum absolute atomic E-state index is 12.0. The van der Waals surface area contributed by atoms with Crippen LogP contribution in [0.1, 0.15) is 24.0 Å². The fourth-order valence-electron chi connectivity index (χ4n) is 2.26. The monoisotopic (exact) mass is 336 g/mol. The average molecular weight is 337 g/mol. The van der Waals surface area contributed by atoms with Gasteiger partial charge in [-0.15, -0.1) is 0 Å². The molecular formula is C17H18Cl2N2O. The van der Waals surface area contributed by atoms with Crippen molar-refractivity contribution >= 4 is 40.4 Å². The fourth-order valence-corrected chi connectivity index (χ4v) is 2.70. The Morgan fingerprint density at radius 3 is 1.64 bits per heavy atom. The van der Waals surface area contributed by atoms with Crippen molar-refractivity contribution in [2.24, 2.45) is 0 Å². The molecule has 0 bridgehead atoms. The van der Waals surface area contributed by atoms with E-state index >= 15 is 0 Å². The number of nitrogens with two attached hydrogens (primary N) is 2. The van der Waals surface area contributed by atoms with Gasteiger partial charge in [0.05, 0.1) is 21.4 Å². The average Bonchev–Trinajstić information content (AvgIpc) is 2.50. The Hall–Kier alpha value is -1.71. The SMILES string of the molecule is Nc1cccc(CCC(=O)CCc2cccc(N)c2Cl)c1Cl. The standard InChI is InChI=1S/C17H18Cl2N2O/c18-16-11(3-1-5-14(16)20)7-9-13(22)10-8-12-4-2-6-15(21)17(12)19/h1-6H,7-10,20-21H2. The van der Waals surface area contributed by atoms with E-state index in [1.165, 1.54) is 0 Å². The quantitative estimate of drug-likeness (QED) is 0.773. The molecule has 0 aliphatic rings. The van der Waals surface area contributed by atoms with Gasteiger partial charge in [0, 0.05) is 12.8 Å². The maximum Gasteiger partial charge on any atom is 0.133 e. The Labute approximate surface area is 140 Å². The number of benzene rings is 2. The lowest BCUT2D eigenvalue weighted by atomic mass is 10.0. The summed E-state index contributed by atoms with van der Waals surface area (Å²) in [5, 5.41) is 1.07. The van der Waals surface area contributed by atoms with E-state index in [-0.39, 0.29) is 5.78 Å². The highest BCUT2D eigenvalue weighted by Crippen LogP contribution is 2.26. The number of aryl methyl sites for hydroxylation is 2. The number of carbonyl (C=O) groups excluding carboxylic acids is 1. The van der Waals surface area contributed by atoms with Crippen LogP contribution in [0, 0.1) is 0 Å². The first-order valence-corrected chi connectivity index (χ1v) is 7.82. The molecular weight excluding hydrogens is 319 g/mol. The van der Waals surface area contributed by atoms with Crippen molar-refractivity contribution in [3.05, 3.63) is 57.6 Å². The summed E-state index contributed by atoms with van der Waals surface area (Å²) in [6.07, 6.45) is 2.05. The number of Topliss-reactive ketones (excluding diaryl/α,β-unsaturated/α-hetero) is 1. The van der Waals surface area contributed by atoms with Gasteiger partial charge in [-0.05, 0) is 36.1 Å². The van der Waals surface area contributed by atoms with E-state index in [0.717, 1.165) is 11.1 Å². The lowest BCUT2D eigenvalue weighted by molar-refractivity contribution is -0.119. The van der Waals surface area contributed by atoms with Crippen LogP contribution in [-0.4, -0.2) is 5.78 Å². The van der Waals surface area contributed by atoms with E-state index in [0.29, 0.717) is 47.1 Å². The first kappa shape index (κ1) is 16.7. The van der Waals surface area contributed by atoms with Crippen molar-refractivity contribution in [1.29, 1.82) is 0 Å². The summed E-state index contributed by atoms with van der Waals surface area (Å²) in [6.45, 7) is 0. The van der Waals surface area contributed by atoms with Crippen LogP contribution >= 0.6 is 23.2 Å². The molecule has 0 aliphatic carbocycles. The second-order valence-electron chi connectivity index (χ2n) is 5.18. The van der Waals surface area contributed by atoms with Gasteiger partial charge >= 0.3 is 0 Å². The van der Waals surface area contributed by atoms with E-state index in [4.69, 9.17) is 34.7 Å². The van der Waals surface area contributed by atoms with Crippen LogP contribution in [0.5, 0.6) is 0 Å². The molecule has 0 saturated heterocycles. The summed E-state index contributed by atoms with van der Waals surface area (Å²) in [6, 6.07) is 11.0. The summed E-state index contributed by atoms with van der Waals surface area (Å²) in [7, 11) is 0. The van der Waals surface area contributed by atoms with Crippen molar-refractivity contribution in [2.75, 3.05) is 11.5 Å². The van der Waals surface area contributed by atoms with E-state index in [2.05, 4.69) is 0 Å². The third-order valence-electron chi connectivity index (χ3n) is 3.56.